The van der Waals surface area contributed by atoms with Crippen molar-refractivity contribution in [1.82, 2.24) is 24.9 Å². The first-order valence-corrected chi connectivity index (χ1v) is 10.5. The number of aromatic nitrogens is 2. The molecular weight excluding hydrogens is 376 g/mol. The third-order valence-corrected chi connectivity index (χ3v) is 5.47. The number of aryl methyl sites for hydroxylation is 1. The first-order chi connectivity index (χ1) is 14.7. The van der Waals surface area contributed by atoms with Crippen LogP contribution >= 0.6 is 0 Å². The fourth-order valence-corrected chi connectivity index (χ4v) is 3.74. The second-order valence-corrected chi connectivity index (χ2v) is 7.56. The summed E-state index contributed by atoms with van der Waals surface area (Å²) in [5.41, 5.74) is 5.76. The van der Waals surface area contributed by atoms with Gasteiger partial charge in [0.15, 0.2) is 5.96 Å². The molecule has 0 bridgehead atoms. The molecule has 1 aliphatic heterocycles. The predicted octanol–water partition coefficient (Wildman–Crippen LogP) is 2.34. The van der Waals surface area contributed by atoms with Crippen molar-refractivity contribution >= 4 is 11.6 Å². The Morgan fingerprint density at radius 1 is 1.03 bits per heavy atom. The summed E-state index contributed by atoms with van der Waals surface area (Å²) in [5, 5.41) is 6.81. The number of benzene rings is 1. The largest absolute Gasteiger partial charge is 0.379 e. The molecule has 0 saturated carbocycles. The van der Waals surface area contributed by atoms with E-state index in [0.29, 0.717) is 6.54 Å². The molecule has 0 radical (unpaired) electrons. The van der Waals surface area contributed by atoms with Gasteiger partial charge in [-0.25, -0.2) is 4.98 Å². The van der Waals surface area contributed by atoms with E-state index in [-0.39, 0.29) is 0 Å². The Hall–Kier alpha value is -2.90. The summed E-state index contributed by atoms with van der Waals surface area (Å²) < 4.78 is 7.57. The van der Waals surface area contributed by atoms with Crippen LogP contribution in [0.3, 0.4) is 0 Å². The van der Waals surface area contributed by atoms with Crippen molar-refractivity contribution in [2.45, 2.75) is 26.6 Å². The second kappa shape index (κ2) is 9.73. The number of ether oxygens (including phenoxy) is 1. The number of guanidine groups is 1. The molecule has 158 valence electrons. The van der Waals surface area contributed by atoms with Crippen LogP contribution in [0, 0.1) is 6.92 Å². The normalized spacial score (nSPS) is 15.5. The summed E-state index contributed by atoms with van der Waals surface area (Å²) in [4.78, 5) is 11.5. The van der Waals surface area contributed by atoms with Gasteiger partial charge in [0.2, 0.25) is 0 Å². The maximum atomic E-state index is 5.47. The Morgan fingerprint density at radius 2 is 1.80 bits per heavy atom. The molecule has 1 fully saturated rings. The van der Waals surface area contributed by atoms with Gasteiger partial charge < -0.3 is 19.8 Å². The van der Waals surface area contributed by atoms with Gasteiger partial charge >= 0.3 is 0 Å². The number of nitrogens with zero attached hydrogens (tertiary/aromatic N) is 4. The lowest BCUT2D eigenvalue weighted by molar-refractivity contribution is 0.0341. The van der Waals surface area contributed by atoms with Crippen LogP contribution in [-0.2, 0) is 24.4 Å². The van der Waals surface area contributed by atoms with E-state index in [9.17, 15) is 0 Å². The lowest BCUT2D eigenvalue weighted by atomic mass is 10.1. The first-order valence-electron chi connectivity index (χ1n) is 10.5. The summed E-state index contributed by atoms with van der Waals surface area (Å²) >= 11 is 0. The fraction of sp³-hybridized carbons (Fsp3) is 0.391. The summed E-state index contributed by atoms with van der Waals surface area (Å²) in [6.45, 7) is 8.00. The standard InChI is InChI=1S/C23H30N6O/c1-18-6-5-9-22-27-21(17-29(18)22)15-26-23(24-2)25-14-19-7-3-4-8-20(19)16-28-10-12-30-13-11-28/h3-9,17H,10-16H2,1-2H3,(H2,24,25,26). The van der Waals surface area contributed by atoms with Crippen molar-refractivity contribution in [1.29, 1.82) is 0 Å². The highest BCUT2D eigenvalue weighted by molar-refractivity contribution is 5.79. The summed E-state index contributed by atoms with van der Waals surface area (Å²) in [6, 6.07) is 14.7. The van der Waals surface area contributed by atoms with Crippen molar-refractivity contribution in [2.24, 2.45) is 4.99 Å². The van der Waals surface area contributed by atoms with Crippen LogP contribution in [0.25, 0.3) is 5.65 Å². The third-order valence-electron chi connectivity index (χ3n) is 5.47. The number of rotatable bonds is 6. The number of hydrogen-bond donors (Lipinski definition) is 2. The summed E-state index contributed by atoms with van der Waals surface area (Å²) in [7, 11) is 1.79. The van der Waals surface area contributed by atoms with Gasteiger partial charge in [-0.15, -0.1) is 0 Å². The molecule has 0 amide bonds. The van der Waals surface area contributed by atoms with E-state index in [1.807, 2.05) is 12.1 Å². The van der Waals surface area contributed by atoms with Gasteiger partial charge in [-0.2, -0.15) is 0 Å². The van der Waals surface area contributed by atoms with Gasteiger partial charge in [0, 0.05) is 45.1 Å². The zero-order valence-electron chi connectivity index (χ0n) is 17.8. The van der Waals surface area contributed by atoms with E-state index in [1.165, 1.54) is 16.8 Å². The van der Waals surface area contributed by atoms with Gasteiger partial charge in [-0.1, -0.05) is 30.3 Å². The third kappa shape index (κ3) is 4.98. The lowest BCUT2D eigenvalue weighted by Crippen LogP contribution is -2.37. The smallest absolute Gasteiger partial charge is 0.191 e. The van der Waals surface area contributed by atoms with Crippen LogP contribution in [0.5, 0.6) is 0 Å². The Kier molecular flexibility index (Phi) is 6.61. The van der Waals surface area contributed by atoms with E-state index in [1.54, 1.807) is 7.05 Å². The molecule has 0 spiro atoms. The van der Waals surface area contributed by atoms with Crippen molar-refractivity contribution in [3.05, 3.63) is 71.2 Å². The molecule has 1 aromatic carbocycles. The van der Waals surface area contributed by atoms with Gasteiger partial charge in [0.05, 0.1) is 25.5 Å². The average molecular weight is 407 g/mol. The number of aliphatic imine (C=N–C) groups is 1. The highest BCUT2D eigenvalue weighted by Gasteiger charge is 2.13. The second-order valence-electron chi connectivity index (χ2n) is 7.56. The van der Waals surface area contributed by atoms with E-state index in [4.69, 9.17) is 4.74 Å². The molecular formula is C23H30N6O. The molecule has 3 heterocycles. The molecule has 0 unspecified atom stereocenters. The number of hydrogen-bond acceptors (Lipinski definition) is 4. The molecule has 2 N–H and O–H groups in total. The Morgan fingerprint density at radius 3 is 2.57 bits per heavy atom. The van der Waals surface area contributed by atoms with E-state index in [0.717, 1.165) is 56.7 Å². The van der Waals surface area contributed by atoms with E-state index in [2.05, 4.69) is 73.4 Å². The zero-order chi connectivity index (χ0) is 20.8. The Balaban J connectivity index is 1.34. The van der Waals surface area contributed by atoms with Crippen LogP contribution < -0.4 is 10.6 Å². The van der Waals surface area contributed by atoms with E-state index >= 15 is 0 Å². The van der Waals surface area contributed by atoms with Crippen LogP contribution in [0.2, 0.25) is 0 Å². The highest BCUT2D eigenvalue weighted by Crippen LogP contribution is 2.13. The summed E-state index contributed by atoms with van der Waals surface area (Å²) in [5.74, 6) is 0.768. The number of imidazole rings is 1. The van der Waals surface area contributed by atoms with Crippen molar-refractivity contribution < 1.29 is 4.74 Å². The lowest BCUT2D eigenvalue weighted by Gasteiger charge is -2.27. The van der Waals surface area contributed by atoms with Crippen molar-refractivity contribution in [3.8, 4) is 0 Å². The molecule has 4 rings (SSSR count). The molecule has 0 atom stereocenters. The van der Waals surface area contributed by atoms with Crippen LogP contribution in [0.1, 0.15) is 22.5 Å². The van der Waals surface area contributed by atoms with E-state index < -0.39 is 0 Å². The molecule has 1 saturated heterocycles. The highest BCUT2D eigenvalue weighted by atomic mass is 16.5. The first kappa shape index (κ1) is 20.4. The minimum Gasteiger partial charge on any atom is -0.379 e. The Labute approximate surface area is 177 Å². The molecule has 3 aromatic rings. The molecule has 7 heteroatoms. The number of fused-ring (bicyclic) bond motifs is 1. The van der Waals surface area contributed by atoms with Crippen LogP contribution in [0.15, 0.2) is 53.7 Å². The van der Waals surface area contributed by atoms with Gasteiger partial charge in [-0.3, -0.25) is 9.89 Å². The number of morpholine rings is 1. The SMILES string of the molecule is CN=C(NCc1cn2c(C)cccc2n1)NCc1ccccc1CN1CCOCC1. The number of pyridine rings is 1. The molecule has 0 aliphatic carbocycles. The maximum Gasteiger partial charge on any atom is 0.191 e. The average Bonchev–Trinajstić information content (AvgIpc) is 3.20. The number of nitrogens with one attached hydrogen (secondary N) is 2. The predicted molar refractivity (Wildman–Crippen MR) is 120 cm³/mol. The monoisotopic (exact) mass is 406 g/mol. The maximum absolute atomic E-state index is 5.47. The molecule has 2 aromatic heterocycles. The zero-order valence-corrected chi connectivity index (χ0v) is 17.8. The molecule has 1 aliphatic rings. The fourth-order valence-electron chi connectivity index (χ4n) is 3.74. The van der Waals surface area contributed by atoms with Crippen molar-refractivity contribution in [2.75, 3.05) is 33.4 Å². The minimum absolute atomic E-state index is 0.621. The van der Waals surface area contributed by atoms with Gasteiger partial charge in [0.1, 0.15) is 5.65 Å². The van der Waals surface area contributed by atoms with Crippen LogP contribution in [0.4, 0.5) is 0 Å². The molecule has 7 nitrogen and oxygen atoms in total. The minimum atomic E-state index is 0.621. The Bertz CT molecular complexity index is 1010. The van der Waals surface area contributed by atoms with Crippen molar-refractivity contribution in [3.63, 3.8) is 0 Å². The molecule has 30 heavy (non-hydrogen) atoms. The topological polar surface area (TPSA) is 66.2 Å². The summed E-state index contributed by atoms with van der Waals surface area (Å²) in [6.07, 6.45) is 2.07. The van der Waals surface area contributed by atoms with Gasteiger partial charge in [0.25, 0.3) is 0 Å². The van der Waals surface area contributed by atoms with Crippen LogP contribution in [-0.4, -0.2) is 53.6 Å². The van der Waals surface area contributed by atoms with Gasteiger partial charge in [-0.05, 0) is 30.2 Å². The quantitative estimate of drug-likeness (QED) is 0.486.